The molecule has 20 heavy (non-hydrogen) atoms. The van der Waals surface area contributed by atoms with Crippen molar-refractivity contribution in [3.63, 3.8) is 0 Å². The number of nitrogen functional groups attached to an aromatic ring is 1. The molecule has 0 saturated heterocycles. The van der Waals surface area contributed by atoms with Gasteiger partial charge in [-0.05, 0) is 36.8 Å². The van der Waals surface area contributed by atoms with E-state index in [0.29, 0.717) is 30.4 Å². The van der Waals surface area contributed by atoms with E-state index in [2.05, 4.69) is 0 Å². The summed E-state index contributed by atoms with van der Waals surface area (Å²) in [6, 6.07) is 13.3. The van der Waals surface area contributed by atoms with Crippen LogP contribution in [-0.4, -0.2) is 13.7 Å². The van der Waals surface area contributed by atoms with E-state index in [1.165, 1.54) is 0 Å². The zero-order valence-corrected chi connectivity index (χ0v) is 11.8. The molecule has 0 radical (unpaired) electrons. The molecule has 0 aliphatic rings. The van der Waals surface area contributed by atoms with Crippen LogP contribution in [0.5, 0.6) is 17.2 Å². The number of hydrogen-bond donors (Lipinski definition) is 1. The van der Waals surface area contributed by atoms with E-state index in [4.69, 9.17) is 19.9 Å². The first-order valence-electron chi connectivity index (χ1n) is 6.51. The Labute approximate surface area is 119 Å². The molecule has 0 aromatic heterocycles. The molecule has 0 amide bonds. The van der Waals surface area contributed by atoms with Gasteiger partial charge in [-0.2, -0.15) is 0 Å². The fourth-order valence-corrected chi connectivity index (χ4v) is 1.81. The highest BCUT2D eigenvalue weighted by atomic mass is 16.5. The van der Waals surface area contributed by atoms with Crippen molar-refractivity contribution in [2.24, 2.45) is 0 Å². The zero-order valence-electron chi connectivity index (χ0n) is 11.8. The largest absolute Gasteiger partial charge is 0.497 e. The first-order valence-corrected chi connectivity index (χ1v) is 6.51. The molecule has 106 valence electrons. The summed E-state index contributed by atoms with van der Waals surface area (Å²) < 4.78 is 16.3. The van der Waals surface area contributed by atoms with Gasteiger partial charge in [0.1, 0.15) is 29.5 Å². The van der Waals surface area contributed by atoms with Gasteiger partial charge in [0.2, 0.25) is 0 Å². The normalized spacial score (nSPS) is 10.1. The van der Waals surface area contributed by atoms with Crippen molar-refractivity contribution in [1.29, 1.82) is 0 Å². The Morgan fingerprint density at radius 3 is 2.20 bits per heavy atom. The third kappa shape index (κ3) is 3.35. The molecular weight excluding hydrogens is 254 g/mol. The Morgan fingerprint density at radius 2 is 1.60 bits per heavy atom. The molecule has 2 aromatic carbocycles. The van der Waals surface area contributed by atoms with E-state index in [9.17, 15) is 0 Å². The third-order valence-electron chi connectivity index (χ3n) is 2.88. The molecule has 0 aliphatic carbocycles. The number of nitrogens with two attached hydrogens (primary N) is 1. The van der Waals surface area contributed by atoms with Gasteiger partial charge in [0.15, 0.2) is 0 Å². The van der Waals surface area contributed by atoms with Gasteiger partial charge in [-0.1, -0.05) is 18.2 Å². The van der Waals surface area contributed by atoms with Crippen LogP contribution in [0.3, 0.4) is 0 Å². The van der Waals surface area contributed by atoms with Crippen molar-refractivity contribution in [2.75, 3.05) is 19.5 Å². The Bertz CT molecular complexity index is 552. The molecule has 2 aromatic rings. The average Bonchev–Trinajstić information content (AvgIpc) is 2.49. The van der Waals surface area contributed by atoms with E-state index >= 15 is 0 Å². The Morgan fingerprint density at radius 1 is 0.950 bits per heavy atom. The SMILES string of the molecule is CCOc1cccc(OCc2ccc(OC)cc2)c1N. The zero-order chi connectivity index (χ0) is 14.4. The van der Waals surface area contributed by atoms with Gasteiger partial charge in [-0.3, -0.25) is 0 Å². The molecule has 0 fully saturated rings. The first-order chi connectivity index (χ1) is 9.74. The maximum atomic E-state index is 6.01. The average molecular weight is 273 g/mol. The van der Waals surface area contributed by atoms with Gasteiger partial charge in [0, 0.05) is 0 Å². The lowest BCUT2D eigenvalue weighted by atomic mass is 10.2. The Balaban J connectivity index is 2.04. The maximum Gasteiger partial charge on any atom is 0.146 e. The lowest BCUT2D eigenvalue weighted by molar-refractivity contribution is 0.302. The first kappa shape index (κ1) is 14.1. The van der Waals surface area contributed by atoms with Crippen molar-refractivity contribution < 1.29 is 14.2 Å². The topological polar surface area (TPSA) is 53.7 Å². The maximum absolute atomic E-state index is 6.01. The second-order valence-corrected chi connectivity index (χ2v) is 4.24. The summed E-state index contributed by atoms with van der Waals surface area (Å²) in [6.45, 7) is 2.94. The molecular formula is C16H19NO3. The number of anilines is 1. The fourth-order valence-electron chi connectivity index (χ4n) is 1.81. The van der Waals surface area contributed by atoms with Crippen LogP contribution in [0.1, 0.15) is 12.5 Å². The minimum absolute atomic E-state index is 0.448. The van der Waals surface area contributed by atoms with Crippen molar-refractivity contribution in [3.05, 3.63) is 48.0 Å². The van der Waals surface area contributed by atoms with E-state index < -0.39 is 0 Å². The summed E-state index contributed by atoms with van der Waals surface area (Å²) in [5.74, 6) is 2.11. The highest BCUT2D eigenvalue weighted by Gasteiger charge is 2.07. The van der Waals surface area contributed by atoms with Crippen molar-refractivity contribution in [2.45, 2.75) is 13.5 Å². The molecule has 2 rings (SSSR count). The van der Waals surface area contributed by atoms with Gasteiger partial charge in [-0.15, -0.1) is 0 Å². The predicted octanol–water partition coefficient (Wildman–Crippen LogP) is 3.26. The van der Waals surface area contributed by atoms with Crippen molar-refractivity contribution in [1.82, 2.24) is 0 Å². The van der Waals surface area contributed by atoms with Gasteiger partial charge < -0.3 is 19.9 Å². The van der Waals surface area contributed by atoms with Crippen LogP contribution in [0.4, 0.5) is 5.69 Å². The number of rotatable bonds is 6. The molecule has 0 heterocycles. The minimum atomic E-state index is 0.448. The molecule has 2 N–H and O–H groups in total. The van der Waals surface area contributed by atoms with E-state index in [1.54, 1.807) is 7.11 Å². The molecule has 4 nitrogen and oxygen atoms in total. The van der Waals surface area contributed by atoms with Crippen LogP contribution in [0.2, 0.25) is 0 Å². The van der Waals surface area contributed by atoms with Crippen LogP contribution < -0.4 is 19.9 Å². The molecule has 0 bridgehead atoms. The minimum Gasteiger partial charge on any atom is -0.497 e. The smallest absolute Gasteiger partial charge is 0.146 e. The number of methoxy groups -OCH3 is 1. The molecule has 0 unspecified atom stereocenters. The second-order valence-electron chi connectivity index (χ2n) is 4.24. The van der Waals surface area contributed by atoms with E-state index in [-0.39, 0.29) is 0 Å². The van der Waals surface area contributed by atoms with Crippen LogP contribution >= 0.6 is 0 Å². The van der Waals surface area contributed by atoms with E-state index in [0.717, 1.165) is 11.3 Å². The molecule has 0 atom stereocenters. The summed E-state index contributed by atoms with van der Waals surface area (Å²) in [6.07, 6.45) is 0. The van der Waals surface area contributed by atoms with Crippen LogP contribution in [0, 0.1) is 0 Å². The molecule has 0 aliphatic heterocycles. The van der Waals surface area contributed by atoms with Crippen molar-refractivity contribution >= 4 is 5.69 Å². The van der Waals surface area contributed by atoms with Crippen LogP contribution in [0.25, 0.3) is 0 Å². The standard InChI is InChI=1S/C16H19NO3/c1-3-19-14-5-4-6-15(16(14)17)20-11-12-7-9-13(18-2)10-8-12/h4-10H,3,11,17H2,1-2H3. The highest BCUT2D eigenvalue weighted by Crippen LogP contribution is 2.31. The summed E-state index contributed by atoms with van der Waals surface area (Å²) >= 11 is 0. The lowest BCUT2D eigenvalue weighted by Crippen LogP contribution is -2.02. The lowest BCUT2D eigenvalue weighted by Gasteiger charge is -2.12. The quantitative estimate of drug-likeness (QED) is 0.821. The van der Waals surface area contributed by atoms with Gasteiger partial charge in [-0.25, -0.2) is 0 Å². The Hall–Kier alpha value is -2.36. The van der Waals surface area contributed by atoms with Crippen LogP contribution in [0.15, 0.2) is 42.5 Å². The molecule has 0 spiro atoms. The number of hydrogen-bond acceptors (Lipinski definition) is 4. The number of para-hydroxylation sites is 1. The summed E-state index contributed by atoms with van der Waals surface area (Å²) in [5.41, 5.74) is 7.59. The second kappa shape index (κ2) is 6.70. The van der Waals surface area contributed by atoms with Crippen molar-refractivity contribution in [3.8, 4) is 17.2 Å². The summed E-state index contributed by atoms with van der Waals surface area (Å²) in [7, 11) is 1.64. The molecule has 0 saturated carbocycles. The third-order valence-corrected chi connectivity index (χ3v) is 2.88. The number of ether oxygens (including phenoxy) is 3. The Kier molecular flexibility index (Phi) is 4.71. The predicted molar refractivity (Wildman–Crippen MR) is 79.3 cm³/mol. The fraction of sp³-hybridized carbons (Fsp3) is 0.250. The van der Waals surface area contributed by atoms with Gasteiger partial charge in [0.05, 0.1) is 13.7 Å². The monoisotopic (exact) mass is 273 g/mol. The number of benzene rings is 2. The van der Waals surface area contributed by atoms with Crippen LogP contribution in [-0.2, 0) is 6.61 Å². The summed E-state index contributed by atoms with van der Waals surface area (Å²) in [5, 5.41) is 0. The van der Waals surface area contributed by atoms with Gasteiger partial charge >= 0.3 is 0 Å². The molecule has 4 heteroatoms. The van der Waals surface area contributed by atoms with Gasteiger partial charge in [0.25, 0.3) is 0 Å². The van der Waals surface area contributed by atoms with E-state index in [1.807, 2.05) is 49.4 Å². The highest BCUT2D eigenvalue weighted by molar-refractivity contribution is 5.62. The summed E-state index contributed by atoms with van der Waals surface area (Å²) in [4.78, 5) is 0.